The molecule has 0 atom stereocenters. The summed E-state index contributed by atoms with van der Waals surface area (Å²) >= 11 is 0. The van der Waals surface area contributed by atoms with Crippen LogP contribution in [0.4, 0.5) is 4.79 Å². The van der Waals surface area contributed by atoms with Crippen LogP contribution in [0.2, 0.25) is 0 Å². The molecule has 0 spiro atoms. The molecule has 0 bridgehead atoms. The number of urea groups is 1. The predicted octanol–water partition coefficient (Wildman–Crippen LogP) is 0.907. The molecule has 3 N–H and O–H groups in total. The lowest BCUT2D eigenvalue weighted by Gasteiger charge is -2.17. The first-order valence-electron chi connectivity index (χ1n) is 5.55. The molecule has 5 nitrogen and oxygen atoms in total. The predicted molar refractivity (Wildman–Crippen MR) is 60.7 cm³/mol. The van der Waals surface area contributed by atoms with Crippen molar-refractivity contribution in [2.24, 2.45) is 10.8 Å². The molecule has 0 aromatic heterocycles. The standard InChI is InChI=1S/C10H20N4O/c1-2-6-14-7-3-4-9(5-8-14)12-13-10(11)15/h2-8H2,1H3,(H3,11,13,15). The summed E-state index contributed by atoms with van der Waals surface area (Å²) in [7, 11) is 0. The highest BCUT2D eigenvalue weighted by Gasteiger charge is 2.11. The van der Waals surface area contributed by atoms with Crippen LogP contribution in [0.3, 0.4) is 0 Å². The fourth-order valence-electron chi connectivity index (χ4n) is 1.82. The summed E-state index contributed by atoms with van der Waals surface area (Å²) in [5.41, 5.74) is 8.30. The van der Waals surface area contributed by atoms with Gasteiger partial charge in [0.15, 0.2) is 0 Å². The number of hydrazone groups is 1. The molecule has 5 heteroatoms. The van der Waals surface area contributed by atoms with E-state index in [2.05, 4.69) is 22.4 Å². The number of primary amides is 1. The van der Waals surface area contributed by atoms with Crippen molar-refractivity contribution < 1.29 is 4.79 Å². The number of carbonyl (C=O) groups excluding carboxylic acids is 1. The maximum absolute atomic E-state index is 10.5. The third-order valence-corrected chi connectivity index (χ3v) is 2.52. The Morgan fingerprint density at radius 3 is 3.00 bits per heavy atom. The van der Waals surface area contributed by atoms with Gasteiger partial charge in [-0.05, 0) is 32.4 Å². The summed E-state index contributed by atoms with van der Waals surface area (Å²) < 4.78 is 0. The van der Waals surface area contributed by atoms with Crippen LogP contribution in [0.5, 0.6) is 0 Å². The van der Waals surface area contributed by atoms with Gasteiger partial charge in [0, 0.05) is 18.7 Å². The van der Waals surface area contributed by atoms with Crippen molar-refractivity contribution in [1.29, 1.82) is 0 Å². The van der Waals surface area contributed by atoms with E-state index in [0.29, 0.717) is 0 Å². The van der Waals surface area contributed by atoms with Crippen molar-refractivity contribution in [2.75, 3.05) is 19.6 Å². The van der Waals surface area contributed by atoms with Crippen LogP contribution < -0.4 is 11.2 Å². The Morgan fingerprint density at radius 2 is 2.33 bits per heavy atom. The lowest BCUT2D eigenvalue weighted by atomic mass is 10.2. The zero-order valence-corrected chi connectivity index (χ0v) is 9.33. The van der Waals surface area contributed by atoms with E-state index in [1.54, 1.807) is 0 Å². The van der Waals surface area contributed by atoms with Crippen molar-refractivity contribution in [3.05, 3.63) is 0 Å². The Labute approximate surface area is 90.7 Å². The highest BCUT2D eigenvalue weighted by Crippen LogP contribution is 2.08. The van der Waals surface area contributed by atoms with Crippen LogP contribution >= 0.6 is 0 Å². The molecule has 1 aliphatic rings. The highest BCUT2D eigenvalue weighted by atomic mass is 16.2. The smallest absolute Gasteiger partial charge is 0.332 e. The topological polar surface area (TPSA) is 70.7 Å². The van der Waals surface area contributed by atoms with E-state index in [9.17, 15) is 4.79 Å². The van der Waals surface area contributed by atoms with Crippen molar-refractivity contribution >= 4 is 11.7 Å². The second kappa shape index (κ2) is 6.40. The second-order valence-electron chi connectivity index (χ2n) is 3.85. The summed E-state index contributed by atoms with van der Waals surface area (Å²) in [6, 6.07) is -0.586. The minimum Gasteiger partial charge on any atom is -0.350 e. The van der Waals surface area contributed by atoms with Gasteiger partial charge in [-0.25, -0.2) is 10.2 Å². The molecule has 1 aliphatic heterocycles. The summed E-state index contributed by atoms with van der Waals surface area (Å²) in [5, 5.41) is 4.00. The van der Waals surface area contributed by atoms with E-state index < -0.39 is 6.03 Å². The van der Waals surface area contributed by atoms with Gasteiger partial charge >= 0.3 is 6.03 Å². The summed E-state index contributed by atoms with van der Waals surface area (Å²) in [6.45, 7) is 5.50. The minimum absolute atomic E-state index is 0.586. The van der Waals surface area contributed by atoms with Crippen molar-refractivity contribution in [3.63, 3.8) is 0 Å². The fraction of sp³-hybridized carbons (Fsp3) is 0.800. The van der Waals surface area contributed by atoms with Crippen molar-refractivity contribution in [1.82, 2.24) is 10.3 Å². The molecule has 0 aromatic carbocycles. The molecule has 0 radical (unpaired) electrons. The van der Waals surface area contributed by atoms with E-state index in [0.717, 1.165) is 44.6 Å². The third-order valence-electron chi connectivity index (χ3n) is 2.52. The fourth-order valence-corrected chi connectivity index (χ4v) is 1.82. The van der Waals surface area contributed by atoms with Crippen LogP contribution in [0.15, 0.2) is 5.10 Å². The minimum atomic E-state index is -0.586. The molecule has 0 saturated carbocycles. The molecule has 0 aliphatic carbocycles. The first-order chi connectivity index (χ1) is 7.22. The van der Waals surface area contributed by atoms with Gasteiger partial charge in [-0.2, -0.15) is 5.10 Å². The molecule has 86 valence electrons. The molecule has 0 aromatic rings. The number of carbonyl (C=O) groups is 1. The molecular formula is C10H20N4O. The summed E-state index contributed by atoms with van der Waals surface area (Å²) in [6.07, 6.45) is 4.19. The maximum Gasteiger partial charge on any atom is 0.332 e. The average Bonchev–Trinajstić information content (AvgIpc) is 2.41. The van der Waals surface area contributed by atoms with Crippen LogP contribution in [0.25, 0.3) is 0 Å². The SMILES string of the molecule is CCCN1CCCC(=NNC(N)=O)CC1. The number of nitrogens with zero attached hydrogens (tertiary/aromatic N) is 2. The Morgan fingerprint density at radius 1 is 1.53 bits per heavy atom. The van der Waals surface area contributed by atoms with E-state index in [4.69, 9.17) is 5.73 Å². The molecule has 2 amide bonds. The largest absolute Gasteiger partial charge is 0.350 e. The van der Waals surface area contributed by atoms with Crippen molar-refractivity contribution in [3.8, 4) is 0 Å². The van der Waals surface area contributed by atoms with Gasteiger partial charge in [-0.3, -0.25) is 0 Å². The van der Waals surface area contributed by atoms with E-state index >= 15 is 0 Å². The molecule has 15 heavy (non-hydrogen) atoms. The Bertz CT molecular complexity index is 240. The van der Waals surface area contributed by atoms with Gasteiger partial charge in [0.2, 0.25) is 0 Å². The van der Waals surface area contributed by atoms with E-state index in [1.165, 1.54) is 6.42 Å². The lowest BCUT2D eigenvalue weighted by Crippen LogP contribution is -2.27. The first-order valence-corrected chi connectivity index (χ1v) is 5.55. The molecule has 1 saturated heterocycles. The lowest BCUT2D eigenvalue weighted by molar-refractivity contribution is 0.249. The van der Waals surface area contributed by atoms with Crippen LogP contribution in [0, 0.1) is 0 Å². The Balaban J connectivity index is 2.38. The number of nitrogens with one attached hydrogen (secondary N) is 1. The molecule has 0 unspecified atom stereocenters. The second-order valence-corrected chi connectivity index (χ2v) is 3.85. The average molecular weight is 212 g/mol. The summed E-state index contributed by atoms with van der Waals surface area (Å²) in [5.74, 6) is 0. The van der Waals surface area contributed by atoms with Crippen molar-refractivity contribution in [2.45, 2.75) is 32.6 Å². The molecule has 1 rings (SSSR count). The quantitative estimate of drug-likeness (QED) is 0.682. The maximum atomic E-state index is 10.5. The zero-order chi connectivity index (χ0) is 11.1. The Kier molecular flexibility index (Phi) is 5.10. The number of hydrogen-bond acceptors (Lipinski definition) is 3. The van der Waals surface area contributed by atoms with Gasteiger partial charge in [-0.1, -0.05) is 6.92 Å². The number of hydrogen-bond donors (Lipinski definition) is 2. The number of nitrogens with two attached hydrogens (primary N) is 1. The number of rotatable bonds is 3. The molecule has 1 fully saturated rings. The highest BCUT2D eigenvalue weighted by molar-refractivity contribution is 5.86. The summed E-state index contributed by atoms with van der Waals surface area (Å²) in [4.78, 5) is 12.9. The number of amides is 2. The number of likely N-dealkylation sites (tertiary alicyclic amines) is 1. The van der Waals surface area contributed by atoms with Crippen LogP contribution in [0.1, 0.15) is 32.6 Å². The Hall–Kier alpha value is -1.10. The zero-order valence-electron chi connectivity index (χ0n) is 9.33. The molecule has 1 heterocycles. The van der Waals surface area contributed by atoms with Gasteiger partial charge < -0.3 is 10.6 Å². The van der Waals surface area contributed by atoms with E-state index in [-0.39, 0.29) is 0 Å². The molecular weight excluding hydrogens is 192 g/mol. The van der Waals surface area contributed by atoms with Gasteiger partial charge in [0.1, 0.15) is 0 Å². The monoisotopic (exact) mass is 212 g/mol. The van der Waals surface area contributed by atoms with Crippen LogP contribution in [-0.2, 0) is 0 Å². The third kappa shape index (κ3) is 4.78. The normalized spacial score (nSPS) is 21.3. The van der Waals surface area contributed by atoms with Gasteiger partial charge in [0.05, 0.1) is 0 Å². The first kappa shape index (κ1) is 12.0. The van der Waals surface area contributed by atoms with Crippen LogP contribution in [-0.4, -0.2) is 36.3 Å². The van der Waals surface area contributed by atoms with E-state index in [1.807, 2.05) is 0 Å². The van der Waals surface area contributed by atoms with Gasteiger partial charge in [-0.15, -0.1) is 0 Å². The van der Waals surface area contributed by atoms with Gasteiger partial charge in [0.25, 0.3) is 0 Å².